The predicted octanol–water partition coefficient (Wildman–Crippen LogP) is 7.76. The largest absolute Gasteiger partial charge is 0.478 e. The van der Waals surface area contributed by atoms with Gasteiger partial charge in [-0.15, -0.1) is 0 Å². The summed E-state index contributed by atoms with van der Waals surface area (Å²) in [5.74, 6) is -0.647. The minimum absolute atomic E-state index is 0.0485. The minimum atomic E-state index is -0.962. The molecule has 1 aliphatic rings. The Morgan fingerprint density at radius 1 is 0.786 bits per heavy atom. The number of benzene rings is 4. The molecule has 1 aliphatic carbocycles. The maximum atomic E-state index is 14.4. The Labute approximate surface area is 246 Å². The Morgan fingerprint density at radius 2 is 1.52 bits per heavy atom. The Balaban J connectivity index is 1.34. The maximum Gasteiger partial charge on any atom is 0.335 e. The van der Waals surface area contributed by atoms with Gasteiger partial charge in [0, 0.05) is 12.1 Å². The van der Waals surface area contributed by atoms with Crippen LogP contribution in [0.4, 0.5) is 0 Å². The molecule has 0 bridgehead atoms. The lowest BCUT2D eigenvalue weighted by Crippen LogP contribution is -2.41. The third kappa shape index (κ3) is 6.06. The third-order valence-corrected chi connectivity index (χ3v) is 8.26. The fraction of sp³-hybridized carbons (Fsp3) is 0.189. The van der Waals surface area contributed by atoms with Gasteiger partial charge in [-0.3, -0.25) is 4.79 Å². The van der Waals surface area contributed by atoms with E-state index in [2.05, 4.69) is 48.5 Å². The summed E-state index contributed by atoms with van der Waals surface area (Å²) in [6.45, 7) is 0.458. The topological polar surface area (TPSA) is 70.8 Å². The summed E-state index contributed by atoms with van der Waals surface area (Å²) in [4.78, 5) is 27.9. The van der Waals surface area contributed by atoms with E-state index < -0.39 is 5.97 Å². The highest BCUT2D eigenvalue weighted by molar-refractivity contribution is 5.89. The van der Waals surface area contributed by atoms with Crippen molar-refractivity contribution < 1.29 is 19.1 Å². The van der Waals surface area contributed by atoms with Gasteiger partial charge in [0.1, 0.15) is 0 Å². The van der Waals surface area contributed by atoms with Gasteiger partial charge in [0.15, 0.2) is 0 Å². The Kier molecular flexibility index (Phi) is 8.00. The number of aryl methyl sites for hydroxylation is 1. The van der Waals surface area contributed by atoms with Gasteiger partial charge >= 0.3 is 5.97 Å². The number of aromatic carboxylic acids is 1. The second-order valence-corrected chi connectivity index (χ2v) is 11.0. The SMILES string of the molecule is O=C(O)c1cccc(-c2cccc(CC(=O)N(Cc3ccoc3)[C@@H]3c4ccccc4CC[C@H]3Cc3ccccc3)c2)c1. The van der Waals surface area contributed by atoms with Crippen LogP contribution in [-0.2, 0) is 30.6 Å². The fourth-order valence-electron chi connectivity index (χ4n) is 6.25. The number of amides is 1. The van der Waals surface area contributed by atoms with Gasteiger partial charge in [0.05, 0.1) is 30.6 Å². The van der Waals surface area contributed by atoms with Crippen LogP contribution >= 0.6 is 0 Å². The van der Waals surface area contributed by atoms with Gasteiger partial charge in [-0.2, -0.15) is 0 Å². The molecule has 1 N–H and O–H groups in total. The van der Waals surface area contributed by atoms with Gasteiger partial charge in [0.2, 0.25) is 5.91 Å². The Bertz CT molecular complexity index is 1680. The van der Waals surface area contributed by atoms with Crippen molar-refractivity contribution in [3.05, 3.63) is 155 Å². The van der Waals surface area contributed by atoms with Crippen LogP contribution < -0.4 is 0 Å². The summed E-state index contributed by atoms with van der Waals surface area (Å²) in [7, 11) is 0. The molecule has 4 aromatic carbocycles. The van der Waals surface area contributed by atoms with Gasteiger partial charge in [-0.25, -0.2) is 4.79 Å². The quantitative estimate of drug-likeness (QED) is 0.202. The first-order valence-electron chi connectivity index (χ1n) is 14.4. The third-order valence-electron chi connectivity index (χ3n) is 8.26. The molecule has 5 heteroatoms. The highest BCUT2D eigenvalue weighted by Crippen LogP contribution is 2.41. The van der Waals surface area contributed by atoms with Gasteiger partial charge < -0.3 is 14.4 Å². The van der Waals surface area contributed by atoms with E-state index in [0.29, 0.717) is 6.54 Å². The molecule has 42 heavy (non-hydrogen) atoms. The number of fused-ring (bicyclic) bond motifs is 1. The summed E-state index contributed by atoms with van der Waals surface area (Å²) >= 11 is 0. The van der Waals surface area contributed by atoms with Crippen LogP contribution in [-0.4, -0.2) is 21.9 Å². The summed E-state index contributed by atoms with van der Waals surface area (Å²) in [5.41, 5.74) is 7.58. The van der Waals surface area contributed by atoms with Crippen LogP contribution in [0.1, 0.15) is 50.6 Å². The zero-order valence-corrected chi connectivity index (χ0v) is 23.4. The van der Waals surface area contributed by atoms with Crippen LogP contribution in [0.5, 0.6) is 0 Å². The van der Waals surface area contributed by atoms with E-state index in [4.69, 9.17) is 4.42 Å². The lowest BCUT2D eigenvalue weighted by atomic mass is 9.76. The minimum Gasteiger partial charge on any atom is -0.478 e. The van der Waals surface area contributed by atoms with Crippen molar-refractivity contribution in [2.24, 2.45) is 5.92 Å². The molecule has 2 atom stereocenters. The normalized spacial score (nSPS) is 16.0. The Hall–Kier alpha value is -4.90. The van der Waals surface area contributed by atoms with E-state index in [-0.39, 0.29) is 29.9 Å². The maximum absolute atomic E-state index is 14.4. The molecule has 5 aromatic rings. The number of furan rings is 1. The second kappa shape index (κ2) is 12.3. The van der Waals surface area contributed by atoms with Crippen LogP contribution in [0.3, 0.4) is 0 Å². The number of hydrogen-bond acceptors (Lipinski definition) is 3. The molecule has 0 saturated heterocycles. The average Bonchev–Trinajstić information content (AvgIpc) is 3.54. The van der Waals surface area contributed by atoms with Crippen molar-refractivity contribution in [2.45, 2.75) is 38.3 Å². The smallest absolute Gasteiger partial charge is 0.335 e. The van der Waals surface area contributed by atoms with Crippen LogP contribution in [0.25, 0.3) is 11.1 Å². The van der Waals surface area contributed by atoms with Crippen LogP contribution in [0.15, 0.2) is 126 Å². The van der Waals surface area contributed by atoms with Gasteiger partial charge in [-0.05, 0) is 76.8 Å². The van der Waals surface area contributed by atoms with Crippen molar-refractivity contribution in [3.8, 4) is 11.1 Å². The molecular weight excluding hydrogens is 522 g/mol. The number of carbonyl (C=O) groups is 2. The molecule has 5 nitrogen and oxygen atoms in total. The molecular formula is C37H33NO4. The van der Waals surface area contributed by atoms with E-state index in [1.807, 2.05) is 47.4 Å². The van der Waals surface area contributed by atoms with E-state index >= 15 is 0 Å². The highest BCUT2D eigenvalue weighted by Gasteiger charge is 2.36. The van der Waals surface area contributed by atoms with Crippen molar-refractivity contribution in [1.82, 2.24) is 4.90 Å². The first kappa shape index (κ1) is 27.3. The summed E-state index contributed by atoms with van der Waals surface area (Å²) in [6.07, 6.45) is 6.50. The summed E-state index contributed by atoms with van der Waals surface area (Å²) in [6, 6.07) is 35.7. The van der Waals surface area contributed by atoms with Crippen LogP contribution in [0.2, 0.25) is 0 Å². The number of nitrogens with zero attached hydrogens (tertiary/aromatic N) is 1. The first-order valence-corrected chi connectivity index (χ1v) is 14.4. The molecule has 1 amide bonds. The van der Waals surface area contributed by atoms with Crippen molar-refractivity contribution in [2.75, 3.05) is 0 Å². The average molecular weight is 556 g/mol. The monoisotopic (exact) mass is 555 g/mol. The molecule has 0 fully saturated rings. The summed E-state index contributed by atoms with van der Waals surface area (Å²) in [5, 5.41) is 9.45. The molecule has 0 spiro atoms. The Morgan fingerprint density at radius 3 is 2.31 bits per heavy atom. The van der Waals surface area contributed by atoms with E-state index in [0.717, 1.165) is 41.5 Å². The molecule has 0 saturated carbocycles. The van der Waals surface area contributed by atoms with Crippen molar-refractivity contribution >= 4 is 11.9 Å². The molecule has 6 rings (SSSR count). The lowest BCUT2D eigenvalue weighted by molar-refractivity contribution is -0.135. The van der Waals surface area contributed by atoms with E-state index in [1.165, 1.54) is 16.7 Å². The predicted molar refractivity (Wildman–Crippen MR) is 163 cm³/mol. The molecule has 210 valence electrons. The zero-order valence-electron chi connectivity index (χ0n) is 23.4. The first-order chi connectivity index (χ1) is 20.5. The van der Waals surface area contributed by atoms with Crippen molar-refractivity contribution in [1.29, 1.82) is 0 Å². The van der Waals surface area contributed by atoms with Gasteiger partial charge in [-0.1, -0.05) is 91.0 Å². The number of carboxylic acids is 1. The summed E-state index contributed by atoms with van der Waals surface area (Å²) < 4.78 is 5.40. The van der Waals surface area contributed by atoms with E-state index in [1.54, 1.807) is 30.7 Å². The number of carboxylic acid groups (broad SMARTS) is 1. The zero-order chi connectivity index (χ0) is 28.9. The number of rotatable bonds is 9. The molecule has 1 aromatic heterocycles. The molecule has 0 aliphatic heterocycles. The molecule has 0 radical (unpaired) electrons. The second-order valence-electron chi connectivity index (χ2n) is 11.0. The fourth-order valence-corrected chi connectivity index (χ4v) is 6.25. The number of carbonyl (C=O) groups excluding carboxylic acids is 1. The number of hydrogen-bond donors (Lipinski definition) is 1. The standard InChI is InChI=1S/C37H33NO4/c39-35(22-27-10-6-12-30(21-27)31-13-7-14-33(23-31)37(40)41)38(24-28-18-19-42-25-28)36-32(20-26-8-2-1-3-9-26)17-16-29-11-4-5-15-34(29)36/h1-15,18-19,21,23,25,32,36H,16-17,20,22,24H2,(H,40,41)/t32-,36-/m0/s1. The van der Waals surface area contributed by atoms with Crippen molar-refractivity contribution in [3.63, 3.8) is 0 Å². The highest BCUT2D eigenvalue weighted by atomic mass is 16.4. The van der Waals surface area contributed by atoms with E-state index in [9.17, 15) is 14.7 Å². The van der Waals surface area contributed by atoms with Gasteiger partial charge in [0.25, 0.3) is 0 Å². The van der Waals surface area contributed by atoms with Crippen LogP contribution in [0, 0.1) is 5.92 Å². The molecule has 0 unspecified atom stereocenters. The lowest BCUT2D eigenvalue weighted by Gasteiger charge is -2.41. The molecule has 1 heterocycles.